The molecule has 0 saturated carbocycles. The van der Waals surface area contributed by atoms with E-state index in [9.17, 15) is 4.79 Å². The Kier molecular flexibility index (Phi) is 6.90. The van der Waals surface area contributed by atoms with Crippen molar-refractivity contribution in [2.24, 2.45) is 0 Å². The van der Waals surface area contributed by atoms with Gasteiger partial charge in [-0.25, -0.2) is 0 Å². The molecule has 2 aromatic rings. The van der Waals surface area contributed by atoms with Crippen LogP contribution in [0.5, 0.6) is 11.5 Å². The molecule has 0 spiro atoms. The van der Waals surface area contributed by atoms with Crippen molar-refractivity contribution in [3.05, 3.63) is 41.1 Å². The minimum absolute atomic E-state index is 0.0954. The summed E-state index contributed by atoms with van der Waals surface area (Å²) < 4.78 is 10.8. The summed E-state index contributed by atoms with van der Waals surface area (Å²) in [5.74, 6) is 2.13. The van der Waals surface area contributed by atoms with E-state index in [2.05, 4.69) is 28.9 Å². The van der Waals surface area contributed by atoms with Gasteiger partial charge >= 0.3 is 0 Å². The Bertz CT molecular complexity index is 833. The fraction of sp³-hybridized carbons (Fsp3) is 0.500. The molecule has 0 fully saturated rings. The summed E-state index contributed by atoms with van der Waals surface area (Å²) in [7, 11) is 3.25. The Balaban J connectivity index is 1.74. The van der Waals surface area contributed by atoms with Crippen LogP contribution in [0, 0.1) is 0 Å². The first-order valence-corrected chi connectivity index (χ1v) is 10.2. The largest absolute Gasteiger partial charge is 0.493 e. The lowest BCUT2D eigenvalue weighted by Gasteiger charge is -2.29. The molecule has 29 heavy (non-hydrogen) atoms. The lowest BCUT2D eigenvalue weighted by molar-refractivity contribution is 0.0727. The molecule has 1 aromatic carbocycles. The van der Waals surface area contributed by atoms with Gasteiger partial charge in [0.25, 0.3) is 5.91 Å². The van der Waals surface area contributed by atoms with Crippen LogP contribution in [0.2, 0.25) is 0 Å². The average molecular weight is 399 g/mol. The first-order chi connectivity index (χ1) is 14.1. The number of ether oxygens (including phenoxy) is 2. The number of carbonyl (C=O) groups excluding carboxylic acids is 1. The van der Waals surface area contributed by atoms with Crippen LogP contribution in [0.4, 0.5) is 5.82 Å². The third kappa shape index (κ3) is 4.60. The maximum Gasteiger partial charge on any atom is 0.274 e. The van der Waals surface area contributed by atoms with Crippen LogP contribution in [0.3, 0.4) is 0 Å². The van der Waals surface area contributed by atoms with Gasteiger partial charge in [-0.2, -0.15) is 0 Å². The smallest absolute Gasteiger partial charge is 0.274 e. The minimum atomic E-state index is -0.0954. The SMILES string of the molecule is CCCN(CCC)c1ccc(C(=O)N2CCc3cc(OC)c(OC)cc3C2)nn1. The summed E-state index contributed by atoms with van der Waals surface area (Å²) in [5.41, 5.74) is 2.64. The lowest BCUT2D eigenvalue weighted by atomic mass is 9.98. The van der Waals surface area contributed by atoms with Gasteiger partial charge in [-0.15, -0.1) is 10.2 Å². The summed E-state index contributed by atoms with van der Waals surface area (Å²) >= 11 is 0. The van der Waals surface area contributed by atoms with E-state index < -0.39 is 0 Å². The molecule has 7 heteroatoms. The molecule has 2 heterocycles. The molecule has 0 atom stereocenters. The third-order valence-corrected chi connectivity index (χ3v) is 5.19. The molecule has 0 radical (unpaired) electrons. The van der Waals surface area contributed by atoms with Crippen molar-refractivity contribution in [3.8, 4) is 11.5 Å². The molecule has 1 aliphatic heterocycles. The number of rotatable bonds is 8. The van der Waals surface area contributed by atoms with Gasteiger partial charge in [0, 0.05) is 26.2 Å². The van der Waals surface area contributed by atoms with Gasteiger partial charge in [0.1, 0.15) is 0 Å². The van der Waals surface area contributed by atoms with Crippen molar-refractivity contribution in [1.29, 1.82) is 0 Å². The van der Waals surface area contributed by atoms with Crippen molar-refractivity contribution in [3.63, 3.8) is 0 Å². The average Bonchev–Trinajstić information content (AvgIpc) is 2.77. The van der Waals surface area contributed by atoms with Crippen LogP contribution in [-0.4, -0.2) is 54.9 Å². The molecule has 1 amide bonds. The zero-order valence-electron chi connectivity index (χ0n) is 17.8. The van der Waals surface area contributed by atoms with E-state index in [0.717, 1.165) is 49.5 Å². The maximum absolute atomic E-state index is 13.0. The van der Waals surface area contributed by atoms with Gasteiger partial charge in [0.15, 0.2) is 23.0 Å². The number of aromatic nitrogens is 2. The normalized spacial score (nSPS) is 13.0. The van der Waals surface area contributed by atoms with E-state index in [4.69, 9.17) is 9.47 Å². The Labute approximate surface area is 172 Å². The van der Waals surface area contributed by atoms with E-state index >= 15 is 0 Å². The number of anilines is 1. The number of amides is 1. The third-order valence-electron chi connectivity index (χ3n) is 5.19. The van der Waals surface area contributed by atoms with Gasteiger partial charge in [0.05, 0.1) is 14.2 Å². The van der Waals surface area contributed by atoms with E-state index in [1.807, 2.05) is 23.1 Å². The van der Waals surface area contributed by atoms with E-state index in [1.165, 1.54) is 5.56 Å². The number of fused-ring (bicyclic) bond motifs is 1. The summed E-state index contributed by atoms with van der Waals surface area (Å²) in [5, 5.41) is 8.55. The van der Waals surface area contributed by atoms with Crippen molar-refractivity contribution >= 4 is 11.7 Å². The summed E-state index contributed by atoms with van der Waals surface area (Å²) in [6.07, 6.45) is 2.86. The second-order valence-electron chi connectivity index (χ2n) is 7.22. The molecule has 0 N–H and O–H groups in total. The first-order valence-electron chi connectivity index (χ1n) is 10.2. The molecular weight excluding hydrogens is 368 g/mol. The quantitative estimate of drug-likeness (QED) is 0.680. The molecule has 7 nitrogen and oxygen atoms in total. The summed E-state index contributed by atoms with van der Waals surface area (Å²) in [6.45, 7) is 7.33. The first kappa shape index (κ1) is 20.9. The van der Waals surface area contributed by atoms with Crippen molar-refractivity contribution in [1.82, 2.24) is 15.1 Å². The highest BCUT2D eigenvalue weighted by molar-refractivity contribution is 5.92. The molecule has 1 aromatic heterocycles. The zero-order valence-corrected chi connectivity index (χ0v) is 17.8. The Morgan fingerprint density at radius 3 is 2.24 bits per heavy atom. The van der Waals surface area contributed by atoms with Gasteiger partial charge in [0.2, 0.25) is 0 Å². The standard InChI is InChI=1S/C22H30N4O3/c1-5-10-25(11-6-2)21-8-7-18(23-24-21)22(27)26-12-9-16-13-19(28-3)20(29-4)14-17(16)15-26/h7-8,13-14H,5-6,9-12,15H2,1-4H3. The lowest BCUT2D eigenvalue weighted by Crippen LogP contribution is -2.36. The highest BCUT2D eigenvalue weighted by Gasteiger charge is 2.25. The van der Waals surface area contributed by atoms with Crippen LogP contribution in [-0.2, 0) is 13.0 Å². The number of hydrogen-bond acceptors (Lipinski definition) is 6. The topological polar surface area (TPSA) is 67.8 Å². The highest BCUT2D eigenvalue weighted by atomic mass is 16.5. The van der Waals surface area contributed by atoms with Gasteiger partial charge in [-0.3, -0.25) is 4.79 Å². The van der Waals surface area contributed by atoms with Gasteiger partial charge in [-0.05, 0) is 54.7 Å². The molecule has 1 aliphatic rings. The van der Waals surface area contributed by atoms with Crippen LogP contribution >= 0.6 is 0 Å². The molecule has 0 unspecified atom stereocenters. The number of carbonyl (C=O) groups is 1. The number of methoxy groups -OCH3 is 2. The van der Waals surface area contributed by atoms with Gasteiger partial charge < -0.3 is 19.3 Å². The van der Waals surface area contributed by atoms with Crippen molar-refractivity contribution in [2.45, 2.75) is 39.7 Å². The summed E-state index contributed by atoms with van der Waals surface area (Å²) in [6, 6.07) is 7.64. The number of nitrogens with zero attached hydrogens (tertiary/aromatic N) is 4. The van der Waals surface area contributed by atoms with Crippen LogP contribution in [0.1, 0.15) is 48.3 Å². The Morgan fingerprint density at radius 2 is 1.69 bits per heavy atom. The van der Waals surface area contributed by atoms with Crippen molar-refractivity contribution in [2.75, 3.05) is 38.8 Å². The minimum Gasteiger partial charge on any atom is -0.493 e. The molecule has 3 rings (SSSR count). The molecule has 0 saturated heterocycles. The fourth-order valence-electron chi connectivity index (χ4n) is 3.71. The van der Waals surface area contributed by atoms with E-state index in [0.29, 0.717) is 24.5 Å². The van der Waals surface area contributed by atoms with Crippen LogP contribution in [0.15, 0.2) is 24.3 Å². The zero-order chi connectivity index (χ0) is 20.8. The second-order valence-corrected chi connectivity index (χ2v) is 7.22. The van der Waals surface area contributed by atoms with Gasteiger partial charge in [-0.1, -0.05) is 13.8 Å². The molecule has 156 valence electrons. The Hall–Kier alpha value is -2.83. The second kappa shape index (κ2) is 9.58. The fourth-order valence-corrected chi connectivity index (χ4v) is 3.71. The molecular formula is C22H30N4O3. The van der Waals surface area contributed by atoms with Crippen molar-refractivity contribution < 1.29 is 14.3 Å². The van der Waals surface area contributed by atoms with E-state index in [-0.39, 0.29) is 5.91 Å². The van der Waals surface area contributed by atoms with Crippen LogP contribution < -0.4 is 14.4 Å². The predicted octanol–water partition coefficient (Wildman–Crippen LogP) is 3.32. The predicted molar refractivity (Wildman–Crippen MR) is 113 cm³/mol. The molecule has 0 aliphatic carbocycles. The number of benzene rings is 1. The maximum atomic E-state index is 13.0. The monoisotopic (exact) mass is 398 g/mol. The van der Waals surface area contributed by atoms with E-state index in [1.54, 1.807) is 20.3 Å². The highest BCUT2D eigenvalue weighted by Crippen LogP contribution is 2.33. The molecule has 0 bridgehead atoms. The summed E-state index contributed by atoms with van der Waals surface area (Å²) in [4.78, 5) is 17.0. The Morgan fingerprint density at radius 1 is 1.03 bits per heavy atom. The number of hydrogen-bond donors (Lipinski definition) is 0. The van der Waals surface area contributed by atoms with Crippen LogP contribution in [0.25, 0.3) is 0 Å².